The molecule has 0 fully saturated rings. The van der Waals surface area contributed by atoms with Crippen LogP contribution in [-0.2, 0) is 13.7 Å². The summed E-state index contributed by atoms with van der Waals surface area (Å²) in [5, 5.41) is 5.07. The lowest BCUT2D eigenvalue weighted by Gasteiger charge is -2.13. The highest BCUT2D eigenvalue weighted by Crippen LogP contribution is 2.33. The highest BCUT2D eigenvalue weighted by atomic mass is 35.5. The molecule has 3 aromatic rings. The van der Waals surface area contributed by atoms with E-state index in [-0.39, 0.29) is 12.4 Å². The predicted octanol–water partition coefficient (Wildman–Crippen LogP) is 5.52. The van der Waals surface area contributed by atoms with E-state index in [0.717, 1.165) is 11.1 Å². The van der Waals surface area contributed by atoms with Gasteiger partial charge in [-0.05, 0) is 42.8 Å². The van der Waals surface area contributed by atoms with Crippen molar-refractivity contribution >= 4 is 35.1 Å². The molecule has 150 valence electrons. The summed E-state index contributed by atoms with van der Waals surface area (Å²) in [6.45, 7) is 2.02. The lowest BCUT2D eigenvalue weighted by Crippen LogP contribution is -2.00. The molecule has 5 nitrogen and oxygen atoms in total. The van der Waals surface area contributed by atoms with E-state index in [1.165, 1.54) is 6.08 Å². The summed E-state index contributed by atoms with van der Waals surface area (Å²) in [5.74, 6) is 0.980. The standard InChI is InChI=1S/C22H20Cl2N2O3/c1-14-17(12-26(2)25-14)20(27)9-7-15-8-10-21(28-3)16(11-15)13-29-22-18(23)5-4-6-19(22)24/h4-12H,13H2,1-3H3/b9-7+. The molecular formula is C22H20Cl2N2O3. The molecule has 0 unspecified atom stereocenters. The lowest BCUT2D eigenvalue weighted by molar-refractivity contribution is 0.104. The van der Waals surface area contributed by atoms with Crippen molar-refractivity contribution in [3.8, 4) is 11.5 Å². The maximum absolute atomic E-state index is 12.4. The van der Waals surface area contributed by atoms with Crippen LogP contribution in [0.1, 0.15) is 27.2 Å². The molecule has 0 bridgehead atoms. The SMILES string of the molecule is COc1ccc(/C=C/C(=O)c2cn(C)nc2C)cc1COc1c(Cl)cccc1Cl. The van der Waals surface area contributed by atoms with Crippen LogP contribution in [-0.4, -0.2) is 22.7 Å². The largest absolute Gasteiger partial charge is 0.496 e. The Hall–Kier alpha value is -2.76. The fourth-order valence-corrected chi connectivity index (χ4v) is 3.40. The lowest BCUT2D eigenvalue weighted by atomic mass is 10.1. The number of para-hydroxylation sites is 1. The van der Waals surface area contributed by atoms with Crippen molar-refractivity contribution in [3.63, 3.8) is 0 Å². The summed E-state index contributed by atoms with van der Waals surface area (Å²) in [7, 11) is 3.38. The molecule has 0 radical (unpaired) electrons. The molecule has 1 heterocycles. The summed E-state index contributed by atoms with van der Waals surface area (Å²) in [6, 6.07) is 10.8. The minimum atomic E-state index is -0.105. The van der Waals surface area contributed by atoms with Crippen molar-refractivity contribution in [3.05, 3.63) is 81.1 Å². The molecule has 0 spiro atoms. The third-order valence-corrected chi connectivity index (χ3v) is 4.90. The Bertz CT molecular complexity index is 1050. The second-order valence-corrected chi connectivity index (χ2v) is 7.22. The molecule has 29 heavy (non-hydrogen) atoms. The number of allylic oxidation sites excluding steroid dienone is 1. The smallest absolute Gasteiger partial charge is 0.189 e. The van der Waals surface area contributed by atoms with Crippen LogP contribution < -0.4 is 9.47 Å². The summed E-state index contributed by atoms with van der Waals surface area (Å²) >= 11 is 12.3. The first-order valence-corrected chi connectivity index (χ1v) is 9.61. The summed E-state index contributed by atoms with van der Waals surface area (Å²) in [5.41, 5.74) is 2.91. The van der Waals surface area contributed by atoms with Gasteiger partial charge in [0.2, 0.25) is 0 Å². The van der Waals surface area contributed by atoms with Gasteiger partial charge >= 0.3 is 0 Å². The molecular weight excluding hydrogens is 411 g/mol. The minimum Gasteiger partial charge on any atom is -0.496 e. The van der Waals surface area contributed by atoms with E-state index in [4.69, 9.17) is 32.7 Å². The maximum Gasteiger partial charge on any atom is 0.189 e. The number of carbonyl (C=O) groups excluding carboxylic acids is 1. The van der Waals surface area contributed by atoms with Gasteiger partial charge < -0.3 is 9.47 Å². The van der Waals surface area contributed by atoms with Gasteiger partial charge in [-0.3, -0.25) is 9.48 Å². The van der Waals surface area contributed by atoms with Gasteiger partial charge in [-0.2, -0.15) is 5.10 Å². The van der Waals surface area contributed by atoms with Crippen LogP contribution >= 0.6 is 23.2 Å². The molecule has 0 amide bonds. The number of hydrogen-bond acceptors (Lipinski definition) is 4. The number of hydrogen-bond donors (Lipinski definition) is 0. The summed E-state index contributed by atoms with van der Waals surface area (Å²) in [4.78, 5) is 12.4. The van der Waals surface area contributed by atoms with Crippen LogP contribution in [0.3, 0.4) is 0 Å². The van der Waals surface area contributed by atoms with E-state index in [2.05, 4.69) is 5.10 Å². The van der Waals surface area contributed by atoms with Gasteiger partial charge in [0.15, 0.2) is 11.5 Å². The van der Waals surface area contributed by atoms with E-state index < -0.39 is 0 Å². The minimum absolute atomic E-state index is 0.105. The Morgan fingerprint density at radius 2 is 1.93 bits per heavy atom. The first-order chi connectivity index (χ1) is 13.9. The van der Waals surface area contributed by atoms with Crippen molar-refractivity contribution in [2.75, 3.05) is 7.11 Å². The topological polar surface area (TPSA) is 53.4 Å². The predicted molar refractivity (Wildman–Crippen MR) is 115 cm³/mol. The molecule has 0 aliphatic rings. The highest BCUT2D eigenvalue weighted by Gasteiger charge is 2.11. The van der Waals surface area contributed by atoms with E-state index in [0.29, 0.717) is 32.8 Å². The number of aromatic nitrogens is 2. The van der Waals surface area contributed by atoms with Gasteiger partial charge in [-0.1, -0.05) is 41.4 Å². The van der Waals surface area contributed by atoms with Crippen molar-refractivity contribution < 1.29 is 14.3 Å². The van der Waals surface area contributed by atoms with E-state index >= 15 is 0 Å². The Balaban J connectivity index is 1.79. The van der Waals surface area contributed by atoms with Crippen LogP contribution in [0.25, 0.3) is 6.08 Å². The Morgan fingerprint density at radius 1 is 1.21 bits per heavy atom. The van der Waals surface area contributed by atoms with Gasteiger partial charge in [0.05, 0.1) is 28.4 Å². The second-order valence-electron chi connectivity index (χ2n) is 6.41. The molecule has 1 aromatic heterocycles. The van der Waals surface area contributed by atoms with Gasteiger partial charge in [0, 0.05) is 18.8 Å². The number of rotatable bonds is 7. The molecule has 0 saturated heterocycles. The van der Waals surface area contributed by atoms with Gasteiger partial charge in [0.25, 0.3) is 0 Å². The van der Waals surface area contributed by atoms with Gasteiger partial charge in [-0.25, -0.2) is 0 Å². The molecule has 0 atom stereocenters. The number of methoxy groups -OCH3 is 1. The van der Waals surface area contributed by atoms with E-state index in [1.807, 2.05) is 25.1 Å². The van der Waals surface area contributed by atoms with Crippen molar-refractivity contribution in [2.24, 2.45) is 7.05 Å². The Labute approximate surface area is 179 Å². The molecule has 0 aliphatic carbocycles. The Morgan fingerprint density at radius 3 is 2.55 bits per heavy atom. The number of ketones is 1. The first kappa shape index (κ1) is 21.0. The number of halogens is 2. The molecule has 0 N–H and O–H groups in total. The summed E-state index contributed by atoms with van der Waals surface area (Å²) in [6.07, 6.45) is 4.99. The zero-order chi connectivity index (χ0) is 21.0. The van der Waals surface area contributed by atoms with E-state index in [1.54, 1.807) is 49.3 Å². The number of benzene rings is 2. The van der Waals surface area contributed by atoms with Crippen molar-refractivity contribution in [2.45, 2.75) is 13.5 Å². The second kappa shape index (κ2) is 9.16. The number of carbonyl (C=O) groups is 1. The number of aryl methyl sites for hydroxylation is 2. The number of ether oxygens (including phenoxy) is 2. The van der Waals surface area contributed by atoms with Crippen molar-refractivity contribution in [1.29, 1.82) is 0 Å². The van der Waals surface area contributed by atoms with Crippen LogP contribution in [0, 0.1) is 6.92 Å². The average molecular weight is 431 g/mol. The molecule has 3 rings (SSSR count). The van der Waals surface area contributed by atoms with Crippen molar-refractivity contribution in [1.82, 2.24) is 9.78 Å². The highest BCUT2D eigenvalue weighted by molar-refractivity contribution is 6.37. The number of nitrogens with zero attached hydrogens (tertiary/aromatic N) is 2. The zero-order valence-electron chi connectivity index (χ0n) is 16.3. The summed E-state index contributed by atoms with van der Waals surface area (Å²) < 4.78 is 12.9. The van der Waals surface area contributed by atoms with Crippen LogP contribution in [0.2, 0.25) is 10.0 Å². The molecule has 0 aliphatic heterocycles. The zero-order valence-corrected chi connectivity index (χ0v) is 17.8. The quantitative estimate of drug-likeness (QED) is 0.365. The van der Waals surface area contributed by atoms with E-state index in [9.17, 15) is 4.79 Å². The van der Waals surface area contributed by atoms with Gasteiger partial charge in [0.1, 0.15) is 12.4 Å². The molecule has 2 aromatic carbocycles. The van der Waals surface area contributed by atoms with Crippen LogP contribution in [0.5, 0.6) is 11.5 Å². The molecule has 0 saturated carbocycles. The molecule has 7 heteroatoms. The average Bonchev–Trinajstić information content (AvgIpc) is 3.04. The maximum atomic E-state index is 12.4. The van der Waals surface area contributed by atoms with Gasteiger partial charge in [-0.15, -0.1) is 0 Å². The van der Waals surface area contributed by atoms with Crippen LogP contribution in [0.15, 0.2) is 48.7 Å². The first-order valence-electron chi connectivity index (χ1n) is 8.85. The normalized spacial score (nSPS) is 11.1. The third kappa shape index (κ3) is 5.00. The Kier molecular flexibility index (Phi) is 6.62. The monoisotopic (exact) mass is 430 g/mol. The fraction of sp³-hybridized carbons (Fsp3) is 0.182. The fourth-order valence-electron chi connectivity index (χ4n) is 2.89. The third-order valence-electron chi connectivity index (χ3n) is 4.30. The van der Waals surface area contributed by atoms with Crippen LogP contribution in [0.4, 0.5) is 0 Å².